The van der Waals surface area contributed by atoms with Gasteiger partial charge in [0.05, 0.1) is 0 Å². The zero-order valence-electron chi connectivity index (χ0n) is 6.79. The smallest absolute Gasteiger partial charge is 0.198 e. The van der Waals surface area contributed by atoms with Crippen LogP contribution in [0.3, 0.4) is 0 Å². The third kappa shape index (κ3) is 3.79. The summed E-state index contributed by atoms with van der Waals surface area (Å²) in [6.07, 6.45) is 0. The Kier molecular flexibility index (Phi) is 4.60. The van der Waals surface area contributed by atoms with E-state index in [4.69, 9.17) is 0 Å². The maximum absolute atomic E-state index is 12.0. The second-order valence-electron chi connectivity index (χ2n) is 2.20. The first-order chi connectivity index (χ1) is 6.59. The van der Waals surface area contributed by atoms with Crippen molar-refractivity contribution in [3.8, 4) is 0 Å². The van der Waals surface area contributed by atoms with Gasteiger partial charge in [-0.1, -0.05) is 35.7 Å². The van der Waals surface area contributed by atoms with Gasteiger partial charge in [0.2, 0.25) is 0 Å². The molecule has 14 heavy (non-hydrogen) atoms. The van der Waals surface area contributed by atoms with Gasteiger partial charge in [-0.05, 0) is 12.1 Å². The van der Waals surface area contributed by atoms with Crippen molar-refractivity contribution < 1.29 is 17.6 Å². The van der Waals surface area contributed by atoms with Gasteiger partial charge in [-0.3, -0.25) is 0 Å². The summed E-state index contributed by atoms with van der Waals surface area (Å²) in [6.45, 7) is 0. The molecule has 0 aliphatic heterocycles. The molecule has 0 N–H and O–H groups in total. The van der Waals surface area contributed by atoms with E-state index >= 15 is 0 Å². The fraction of sp³-hybridized carbons (Fsp3) is 0.250. The van der Waals surface area contributed by atoms with E-state index in [1.807, 2.05) is 0 Å². The minimum atomic E-state index is -2.59. The third-order valence-electron chi connectivity index (χ3n) is 1.28. The molecule has 1 rings (SSSR count). The first-order valence-corrected chi connectivity index (χ1v) is 5.34. The molecule has 0 aliphatic rings. The standard InChI is InChI=1S/C8H6F4S2/c9-7(10)13-5-3-1-2-4-6(5)14-8(11)12/h1-4,7-8H. The normalized spacial score (nSPS) is 11.3. The summed E-state index contributed by atoms with van der Waals surface area (Å²) >= 11 is 0.559. The second-order valence-corrected chi connectivity index (χ2v) is 4.27. The van der Waals surface area contributed by atoms with Crippen LogP contribution in [-0.2, 0) is 0 Å². The SMILES string of the molecule is FC(F)Sc1ccccc1SC(F)F. The number of hydrogen-bond donors (Lipinski definition) is 0. The van der Waals surface area contributed by atoms with Gasteiger partial charge >= 0.3 is 0 Å². The van der Waals surface area contributed by atoms with E-state index in [1.54, 1.807) is 12.1 Å². The van der Waals surface area contributed by atoms with Gasteiger partial charge in [0.1, 0.15) is 0 Å². The van der Waals surface area contributed by atoms with Gasteiger partial charge in [0.15, 0.2) is 0 Å². The molecule has 1 aromatic rings. The van der Waals surface area contributed by atoms with Gasteiger partial charge in [-0.25, -0.2) is 0 Å². The number of alkyl halides is 4. The lowest BCUT2D eigenvalue weighted by Crippen LogP contribution is -1.87. The Morgan fingerprint density at radius 3 is 1.43 bits per heavy atom. The van der Waals surface area contributed by atoms with Crippen molar-refractivity contribution >= 4 is 23.5 Å². The Hall–Kier alpha value is -0.360. The van der Waals surface area contributed by atoms with E-state index in [2.05, 4.69) is 0 Å². The lowest BCUT2D eigenvalue weighted by molar-refractivity contribution is 0.250. The highest BCUT2D eigenvalue weighted by Crippen LogP contribution is 2.36. The highest BCUT2D eigenvalue weighted by molar-refractivity contribution is 8.02. The molecule has 0 radical (unpaired) electrons. The van der Waals surface area contributed by atoms with Crippen molar-refractivity contribution in [3.63, 3.8) is 0 Å². The van der Waals surface area contributed by atoms with Crippen molar-refractivity contribution in [2.45, 2.75) is 21.3 Å². The number of hydrogen-bond acceptors (Lipinski definition) is 2. The summed E-state index contributed by atoms with van der Waals surface area (Å²) in [5.41, 5.74) is 0. The van der Waals surface area contributed by atoms with E-state index in [1.165, 1.54) is 12.1 Å². The molecule has 78 valence electrons. The zero-order valence-corrected chi connectivity index (χ0v) is 8.43. The number of halogens is 4. The van der Waals surface area contributed by atoms with Gasteiger partial charge in [0, 0.05) is 9.79 Å². The van der Waals surface area contributed by atoms with Crippen molar-refractivity contribution in [1.82, 2.24) is 0 Å². The van der Waals surface area contributed by atoms with Crippen LogP contribution >= 0.6 is 23.5 Å². The summed E-state index contributed by atoms with van der Waals surface area (Å²) in [5, 5.41) is 0. The van der Waals surface area contributed by atoms with Crippen molar-refractivity contribution in [3.05, 3.63) is 24.3 Å². The molecule has 1 aromatic carbocycles. The second kappa shape index (κ2) is 5.50. The minimum absolute atomic E-state index is 0.188. The van der Waals surface area contributed by atoms with Crippen LogP contribution in [0.2, 0.25) is 0 Å². The quantitative estimate of drug-likeness (QED) is 0.569. The average molecular weight is 242 g/mol. The van der Waals surface area contributed by atoms with Crippen LogP contribution < -0.4 is 0 Å². The maximum atomic E-state index is 12.0. The highest BCUT2D eigenvalue weighted by Gasteiger charge is 2.13. The summed E-state index contributed by atoms with van der Waals surface area (Å²) < 4.78 is 48.0. The van der Waals surface area contributed by atoms with Crippen LogP contribution in [-0.4, -0.2) is 11.5 Å². The summed E-state index contributed by atoms with van der Waals surface area (Å²) in [7, 11) is 0. The van der Waals surface area contributed by atoms with Crippen LogP contribution in [0.5, 0.6) is 0 Å². The van der Waals surface area contributed by atoms with E-state index in [0.717, 1.165) is 0 Å². The Morgan fingerprint density at radius 1 is 0.786 bits per heavy atom. The first kappa shape index (κ1) is 11.7. The van der Waals surface area contributed by atoms with E-state index in [9.17, 15) is 17.6 Å². The Morgan fingerprint density at radius 2 is 1.14 bits per heavy atom. The topological polar surface area (TPSA) is 0 Å². The predicted molar refractivity (Wildman–Crippen MR) is 50.2 cm³/mol. The molecular weight excluding hydrogens is 236 g/mol. The zero-order chi connectivity index (χ0) is 10.6. The molecule has 0 spiro atoms. The van der Waals surface area contributed by atoms with Crippen LogP contribution in [0.4, 0.5) is 17.6 Å². The van der Waals surface area contributed by atoms with Crippen molar-refractivity contribution in [2.75, 3.05) is 0 Å². The molecule has 0 saturated carbocycles. The Balaban J connectivity index is 2.80. The molecule has 0 amide bonds. The molecule has 0 saturated heterocycles. The van der Waals surface area contributed by atoms with Crippen molar-refractivity contribution in [1.29, 1.82) is 0 Å². The average Bonchev–Trinajstić information content (AvgIpc) is 2.06. The largest absolute Gasteiger partial charge is 0.288 e. The molecule has 0 atom stereocenters. The van der Waals surface area contributed by atoms with Crippen LogP contribution in [0, 0.1) is 0 Å². The maximum Gasteiger partial charge on any atom is 0.288 e. The van der Waals surface area contributed by atoms with Gasteiger partial charge in [0.25, 0.3) is 11.5 Å². The van der Waals surface area contributed by atoms with E-state index < -0.39 is 11.5 Å². The predicted octanol–water partition coefficient (Wildman–Crippen LogP) is 4.32. The molecule has 0 fully saturated rings. The Bertz CT molecular complexity index is 261. The minimum Gasteiger partial charge on any atom is -0.198 e. The molecule has 0 aromatic heterocycles. The fourth-order valence-corrected chi connectivity index (χ4v) is 2.19. The third-order valence-corrected chi connectivity index (χ3v) is 2.99. The molecule has 0 bridgehead atoms. The van der Waals surface area contributed by atoms with Crippen molar-refractivity contribution in [2.24, 2.45) is 0 Å². The van der Waals surface area contributed by atoms with Gasteiger partial charge in [-0.2, -0.15) is 17.6 Å². The van der Waals surface area contributed by atoms with Crippen LogP contribution in [0.15, 0.2) is 34.1 Å². The van der Waals surface area contributed by atoms with Gasteiger partial charge in [-0.15, -0.1) is 0 Å². The molecule has 6 heteroatoms. The molecular formula is C8H6F4S2. The van der Waals surface area contributed by atoms with E-state index in [-0.39, 0.29) is 33.3 Å². The molecule has 0 heterocycles. The fourth-order valence-electron chi connectivity index (χ4n) is 0.837. The summed E-state index contributed by atoms with van der Waals surface area (Å²) in [6, 6.07) is 5.89. The first-order valence-electron chi connectivity index (χ1n) is 3.58. The molecule has 0 nitrogen and oxygen atoms in total. The highest BCUT2D eigenvalue weighted by atomic mass is 32.2. The molecule has 0 aliphatic carbocycles. The van der Waals surface area contributed by atoms with Crippen LogP contribution in [0.25, 0.3) is 0 Å². The Labute approximate surface area is 87.1 Å². The lowest BCUT2D eigenvalue weighted by atomic mass is 10.4. The number of benzene rings is 1. The van der Waals surface area contributed by atoms with Crippen LogP contribution in [0.1, 0.15) is 0 Å². The molecule has 0 unspecified atom stereocenters. The summed E-state index contributed by atoms with van der Waals surface area (Å²) in [5.74, 6) is -5.18. The monoisotopic (exact) mass is 242 g/mol. The van der Waals surface area contributed by atoms with Gasteiger partial charge < -0.3 is 0 Å². The number of thioether (sulfide) groups is 2. The lowest BCUT2D eigenvalue weighted by Gasteiger charge is -2.06. The summed E-state index contributed by atoms with van der Waals surface area (Å²) in [4.78, 5) is 0.376. The van der Waals surface area contributed by atoms with E-state index in [0.29, 0.717) is 0 Å². The number of rotatable bonds is 4.